The fourth-order valence-electron chi connectivity index (χ4n) is 1.50. The fourth-order valence-corrected chi connectivity index (χ4v) is 1.63. The Kier molecular flexibility index (Phi) is 9.61. The smallest absolute Gasteiger partial charge is 0.234 e. The van der Waals surface area contributed by atoms with Crippen LogP contribution in [0, 0.1) is 0 Å². The molecule has 0 fully saturated rings. The summed E-state index contributed by atoms with van der Waals surface area (Å²) in [5, 5.41) is 6.59. The second-order valence-corrected chi connectivity index (χ2v) is 4.45. The van der Waals surface area contributed by atoms with Gasteiger partial charge in [0.15, 0.2) is 0 Å². The van der Waals surface area contributed by atoms with E-state index in [1.807, 2.05) is 31.2 Å². The SMILES string of the molecule is COCCNCC(=O)NC(C)c1ccc(Cl)cc1.Cl. The van der Waals surface area contributed by atoms with Crippen molar-refractivity contribution in [2.45, 2.75) is 13.0 Å². The maximum atomic E-state index is 11.6. The zero-order chi connectivity index (χ0) is 13.4. The lowest BCUT2D eigenvalue weighted by Crippen LogP contribution is -2.36. The monoisotopic (exact) mass is 306 g/mol. The van der Waals surface area contributed by atoms with E-state index >= 15 is 0 Å². The highest BCUT2D eigenvalue weighted by Crippen LogP contribution is 2.15. The zero-order valence-corrected chi connectivity index (χ0v) is 12.7. The number of carbonyl (C=O) groups is 1. The Balaban J connectivity index is 0.00000324. The molecule has 1 aromatic rings. The number of hydrogen-bond donors (Lipinski definition) is 2. The minimum atomic E-state index is -0.0337. The van der Waals surface area contributed by atoms with Crippen molar-refractivity contribution in [3.8, 4) is 0 Å². The molecule has 0 spiro atoms. The van der Waals surface area contributed by atoms with E-state index in [9.17, 15) is 4.79 Å². The molecule has 1 atom stereocenters. The third kappa shape index (κ3) is 7.38. The van der Waals surface area contributed by atoms with E-state index in [0.29, 0.717) is 24.7 Å². The third-order valence-corrected chi connectivity index (χ3v) is 2.77. The Morgan fingerprint density at radius 2 is 2.00 bits per heavy atom. The largest absolute Gasteiger partial charge is 0.383 e. The molecular formula is C13H20Cl2N2O2. The molecule has 1 unspecified atom stereocenters. The molecule has 2 N–H and O–H groups in total. The van der Waals surface area contributed by atoms with Crippen LogP contribution >= 0.6 is 24.0 Å². The lowest BCUT2D eigenvalue weighted by molar-refractivity contribution is -0.120. The van der Waals surface area contributed by atoms with Crippen LogP contribution in [-0.4, -0.2) is 32.7 Å². The van der Waals surface area contributed by atoms with Crippen LogP contribution in [0.1, 0.15) is 18.5 Å². The van der Waals surface area contributed by atoms with Gasteiger partial charge < -0.3 is 15.4 Å². The molecule has 0 aliphatic carbocycles. The molecule has 0 heterocycles. The van der Waals surface area contributed by atoms with Gasteiger partial charge in [0.25, 0.3) is 0 Å². The van der Waals surface area contributed by atoms with Crippen LogP contribution in [0.25, 0.3) is 0 Å². The summed E-state index contributed by atoms with van der Waals surface area (Å²) in [6, 6.07) is 7.42. The number of benzene rings is 1. The average Bonchev–Trinajstić information content (AvgIpc) is 2.35. The zero-order valence-electron chi connectivity index (χ0n) is 11.1. The predicted molar refractivity (Wildman–Crippen MR) is 80.0 cm³/mol. The summed E-state index contributed by atoms with van der Waals surface area (Å²) in [5.41, 5.74) is 1.03. The van der Waals surface area contributed by atoms with Crippen LogP contribution in [0.2, 0.25) is 5.02 Å². The number of carbonyl (C=O) groups excluding carboxylic acids is 1. The van der Waals surface area contributed by atoms with Gasteiger partial charge in [0, 0.05) is 18.7 Å². The lowest BCUT2D eigenvalue weighted by Gasteiger charge is -2.14. The normalized spacial score (nSPS) is 11.5. The molecule has 6 heteroatoms. The molecule has 0 saturated heterocycles. The molecule has 0 aliphatic rings. The second kappa shape index (κ2) is 10.0. The van der Waals surface area contributed by atoms with Gasteiger partial charge in [-0.15, -0.1) is 12.4 Å². The average molecular weight is 307 g/mol. The number of amides is 1. The molecular weight excluding hydrogens is 287 g/mol. The van der Waals surface area contributed by atoms with Crippen molar-refractivity contribution in [3.63, 3.8) is 0 Å². The van der Waals surface area contributed by atoms with Crippen LogP contribution in [0.4, 0.5) is 0 Å². The highest BCUT2D eigenvalue weighted by atomic mass is 35.5. The second-order valence-electron chi connectivity index (χ2n) is 4.01. The minimum Gasteiger partial charge on any atom is -0.383 e. The Labute approximate surface area is 125 Å². The first-order chi connectivity index (χ1) is 8.63. The molecule has 1 amide bonds. The first kappa shape index (κ1) is 18.2. The summed E-state index contributed by atoms with van der Waals surface area (Å²) in [7, 11) is 1.63. The molecule has 108 valence electrons. The fraction of sp³-hybridized carbons (Fsp3) is 0.462. The molecule has 0 bridgehead atoms. The Hall–Kier alpha value is -0.810. The van der Waals surface area contributed by atoms with Crippen LogP contribution in [-0.2, 0) is 9.53 Å². The number of hydrogen-bond acceptors (Lipinski definition) is 3. The Bertz CT molecular complexity index is 371. The molecule has 0 radical (unpaired) electrons. The van der Waals surface area contributed by atoms with Crippen molar-refractivity contribution < 1.29 is 9.53 Å². The van der Waals surface area contributed by atoms with E-state index in [0.717, 1.165) is 5.56 Å². The maximum Gasteiger partial charge on any atom is 0.234 e. The van der Waals surface area contributed by atoms with Crippen LogP contribution in [0.15, 0.2) is 24.3 Å². The number of nitrogens with one attached hydrogen (secondary N) is 2. The molecule has 0 aliphatic heterocycles. The molecule has 0 aromatic heterocycles. The van der Waals surface area contributed by atoms with E-state index in [4.69, 9.17) is 16.3 Å². The first-order valence-electron chi connectivity index (χ1n) is 5.88. The van der Waals surface area contributed by atoms with Crippen molar-refractivity contribution in [1.82, 2.24) is 10.6 Å². The van der Waals surface area contributed by atoms with Crippen molar-refractivity contribution in [2.75, 3.05) is 26.8 Å². The van der Waals surface area contributed by atoms with Crippen molar-refractivity contribution >= 4 is 29.9 Å². The standard InChI is InChI=1S/C13H19ClN2O2.ClH/c1-10(11-3-5-12(14)6-4-11)16-13(17)9-15-7-8-18-2;/h3-6,10,15H,7-9H2,1-2H3,(H,16,17);1H. The topological polar surface area (TPSA) is 50.4 Å². The first-order valence-corrected chi connectivity index (χ1v) is 6.25. The van der Waals surface area contributed by atoms with Gasteiger partial charge in [-0.3, -0.25) is 4.79 Å². The summed E-state index contributed by atoms with van der Waals surface area (Å²) in [4.78, 5) is 11.6. The lowest BCUT2D eigenvalue weighted by atomic mass is 10.1. The molecule has 1 rings (SSSR count). The summed E-state index contributed by atoms with van der Waals surface area (Å²) >= 11 is 5.81. The summed E-state index contributed by atoms with van der Waals surface area (Å²) < 4.78 is 4.88. The molecule has 0 saturated carbocycles. The summed E-state index contributed by atoms with van der Waals surface area (Å²) in [6.07, 6.45) is 0. The predicted octanol–water partition coefficient (Wildman–Crippen LogP) is 2.18. The van der Waals surface area contributed by atoms with Gasteiger partial charge in [-0.05, 0) is 24.6 Å². The molecule has 1 aromatic carbocycles. The van der Waals surface area contributed by atoms with E-state index in [1.54, 1.807) is 7.11 Å². The summed E-state index contributed by atoms with van der Waals surface area (Å²) in [5.74, 6) is -0.0337. The van der Waals surface area contributed by atoms with Crippen LogP contribution in [0.5, 0.6) is 0 Å². The van der Waals surface area contributed by atoms with Gasteiger partial charge in [-0.25, -0.2) is 0 Å². The number of halogens is 2. The molecule has 4 nitrogen and oxygen atoms in total. The Morgan fingerprint density at radius 1 is 1.37 bits per heavy atom. The van der Waals surface area contributed by atoms with Gasteiger partial charge in [0.05, 0.1) is 19.2 Å². The van der Waals surface area contributed by atoms with Crippen molar-refractivity contribution in [3.05, 3.63) is 34.9 Å². The van der Waals surface area contributed by atoms with Crippen LogP contribution in [0.3, 0.4) is 0 Å². The quantitative estimate of drug-likeness (QED) is 0.759. The highest BCUT2D eigenvalue weighted by Gasteiger charge is 2.08. The highest BCUT2D eigenvalue weighted by molar-refractivity contribution is 6.30. The van der Waals surface area contributed by atoms with Gasteiger partial charge in [0.1, 0.15) is 0 Å². The van der Waals surface area contributed by atoms with Crippen molar-refractivity contribution in [1.29, 1.82) is 0 Å². The van der Waals surface area contributed by atoms with E-state index in [-0.39, 0.29) is 24.4 Å². The Morgan fingerprint density at radius 3 is 2.58 bits per heavy atom. The number of ether oxygens (including phenoxy) is 1. The van der Waals surface area contributed by atoms with E-state index in [1.165, 1.54) is 0 Å². The van der Waals surface area contributed by atoms with Gasteiger partial charge in [0.2, 0.25) is 5.91 Å². The van der Waals surface area contributed by atoms with Gasteiger partial charge in [-0.2, -0.15) is 0 Å². The molecule has 19 heavy (non-hydrogen) atoms. The summed E-state index contributed by atoms with van der Waals surface area (Å²) in [6.45, 7) is 3.50. The minimum absolute atomic E-state index is 0. The van der Waals surface area contributed by atoms with E-state index in [2.05, 4.69) is 10.6 Å². The van der Waals surface area contributed by atoms with Gasteiger partial charge in [-0.1, -0.05) is 23.7 Å². The number of methoxy groups -OCH3 is 1. The van der Waals surface area contributed by atoms with Crippen molar-refractivity contribution in [2.24, 2.45) is 0 Å². The van der Waals surface area contributed by atoms with Gasteiger partial charge >= 0.3 is 0 Å². The van der Waals surface area contributed by atoms with Crippen LogP contribution < -0.4 is 10.6 Å². The number of rotatable bonds is 7. The maximum absolute atomic E-state index is 11.6. The van der Waals surface area contributed by atoms with E-state index < -0.39 is 0 Å². The third-order valence-electron chi connectivity index (χ3n) is 2.52.